The fourth-order valence-electron chi connectivity index (χ4n) is 1.78. The molecule has 3 heteroatoms. The van der Waals surface area contributed by atoms with E-state index in [1.54, 1.807) is 7.11 Å². The molecule has 1 rings (SSSR count). The van der Waals surface area contributed by atoms with E-state index in [0.29, 0.717) is 6.04 Å². The van der Waals surface area contributed by atoms with Crippen molar-refractivity contribution in [3.05, 3.63) is 30.1 Å². The lowest BCUT2D eigenvalue weighted by atomic mass is 9.95. The summed E-state index contributed by atoms with van der Waals surface area (Å²) in [6.07, 6.45) is 6.90. The van der Waals surface area contributed by atoms with Crippen LogP contribution in [0.5, 0.6) is 0 Å². The zero-order valence-electron chi connectivity index (χ0n) is 11.4. The molecule has 96 valence electrons. The molecule has 0 saturated heterocycles. The van der Waals surface area contributed by atoms with E-state index in [1.807, 2.05) is 19.4 Å². The van der Waals surface area contributed by atoms with E-state index in [2.05, 4.69) is 36.3 Å². The molecule has 3 nitrogen and oxygen atoms in total. The monoisotopic (exact) mass is 236 g/mol. The van der Waals surface area contributed by atoms with Crippen molar-refractivity contribution in [3.8, 4) is 0 Å². The third kappa shape index (κ3) is 5.29. The van der Waals surface area contributed by atoms with Crippen molar-refractivity contribution in [2.45, 2.75) is 44.8 Å². The first kappa shape index (κ1) is 14.1. The average Bonchev–Trinajstić information content (AvgIpc) is 2.35. The van der Waals surface area contributed by atoms with E-state index in [4.69, 9.17) is 4.74 Å². The van der Waals surface area contributed by atoms with Crippen LogP contribution in [0.15, 0.2) is 24.5 Å². The van der Waals surface area contributed by atoms with Crippen LogP contribution in [0.1, 0.15) is 32.3 Å². The van der Waals surface area contributed by atoms with Gasteiger partial charge in [0.05, 0.1) is 5.60 Å². The summed E-state index contributed by atoms with van der Waals surface area (Å²) in [6.45, 7) is 4.26. The Morgan fingerprint density at radius 3 is 2.53 bits per heavy atom. The van der Waals surface area contributed by atoms with Gasteiger partial charge in [-0.25, -0.2) is 0 Å². The topological polar surface area (TPSA) is 34.1 Å². The molecule has 0 spiro atoms. The van der Waals surface area contributed by atoms with Crippen molar-refractivity contribution in [1.29, 1.82) is 0 Å². The van der Waals surface area contributed by atoms with Crippen LogP contribution in [0.25, 0.3) is 0 Å². The molecular weight excluding hydrogens is 212 g/mol. The third-order valence-electron chi connectivity index (χ3n) is 3.29. The van der Waals surface area contributed by atoms with E-state index in [9.17, 15) is 0 Å². The number of hydrogen-bond acceptors (Lipinski definition) is 3. The Balaban J connectivity index is 2.44. The maximum Gasteiger partial charge on any atom is 0.0623 e. The molecule has 1 heterocycles. The molecule has 0 saturated carbocycles. The summed E-state index contributed by atoms with van der Waals surface area (Å²) < 4.78 is 5.44. The summed E-state index contributed by atoms with van der Waals surface area (Å²) in [5.41, 5.74) is 1.29. The van der Waals surface area contributed by atoms with Crippen LogP contribution in [0.4, 0.5) is 0 Å². The summed E-state index contributed by atoms with van der Waals surface area (Å²) in [5.74, 6) is 0. The highest BCUT2D eigenvalue weighted by Crippen LogP contribution is 2.18. The fourth-order valence-corrected chi connectivity index (χ4v) is 1.78. The lowest BCUT2D eigenvalue weighted by Crippen LogP contribution is -2.31. The zero-order chi connectivity index (χ0) is 12.7. The molecule has 1 atom stereocenters. The van der Waals surface area contributed by atoms with Gasteiger partial charge in [0.15, 0.2) is 0 Å². The van der Waals surface area contributed by atoms with Gasteiger partial charge in [-0.2, -0.15) is 0 Å². The predicted molar refractivity (Wildman–Crippen MR) is 71.1 cm³/mol. The van der Waals surface area contributed by atoms with Crippen LogP contribution in [0.2, 0.25) is 0 Å². The molecule has 0 aliphatic heterocycles. The number of ether oxygens (including phenoxy) is 1. The second-order valence-corrected chi connectivity index (χ2v) is 5.05. The van der Waals surface area contributed by atoms with Crippen molar-refractivity contribution in [2.75, 3.05) is 14.2 Å². The molecule has 17 heavy (non-hydrogen) atoms. The van der Waals surface area contributed by atoms with Crippen molar-refractivity contribution < 1.29 is 4.74 Å². The summed E-state index contributed by atoms with van der Waals surface area (Å²) >= 11 is 0. The van der Waals surface area contributed by atoms with Crippen LogP contribution >= 0.6 is 0 Å². The van der Waals surface area contributed by atoms with Gasteiger partial charge in [0.1, 0.15) is 0 Å². The van der Waals surface area contributed by atoms with Gasteiger partial charge in [0.25, 0.3) is 0 Å². The Bertz CT molecular complexity index is 311. The van der Waals surface area contributed by atoms with E-state index in [1.165, 1.54) is 5.56 Å². The lowest BCUT2D eigenvalue weighted by Gasteiger charge is -2.25. The summed E-state index contributed by atoms with van der Waals surface area (Å²) in [5, 5.41) is 3.37. The number of nitrogens with one attached hydrogen (secondary N) is 1. The first-order valence-corrected chi connectivity index (χ1v) is 6.19. The highest BCUT2D eigenvalue weighted by atomic mass is 16.5. The molecule has 1 aromatic heterocycles. The third-order valence-corrected chi connectivity index (χ3v) is 3.29. The standard InChI is InChI=1S/C14H24N2O/c1-14(2,17-4)8-5-13(15-3)11-12-6-9-16-10-7-12/h6-7,9-10,13,15H,5,8,11H2,1-4H3. The lowest BCUT2D eigenvalue weighted by molar-refractivity contribution is 0.0119. The minimum atomic E-state index is -0.0344. The number of pyridine rings is 1. The smallest absolute Gasteiger partial charge is 0.0623 e. The van der Waals surface area contributed by atoms with Crippen molar-refractivity contribution in [1.82, 2.24) is 10.3 Å². The molecule has 1 N–H and O–H groups in total. The van der Waals surface area contributed by atoms with Crippen LogP contribution < -0.4 is 5.32 Å². The molecule has 0 fully saturated rings. The van der Waals surface area contributed by atoms with Crippen LogP contribution in [0, 0.1) is 0 Å². The van der Waals surface area contributed by atoms with Crippen LogP contribution in [0.3, 0.4) is 0 Å². The second-order valence-electron chi connectivity index (χ2n) is 5.05. The molecule has 0 radical (unpaired) electrons. The first-order valence-electron chi connectivity index (χ1n) is 6.19. The molecule has 0 aromatic carbocycles. The molecular formula is C14H24N2O. The maximum absolute atomic E-state index is 5.44. The molecule has 0 aliphatic carbocycles. The molecule has 1 unspecified atom stereocenters. The fraction of sp³-hybridized carbons (Fsp3) is 0.643. The minimum Gasteiger partial charge on any atom is -0.379 e. The Morgan fingerprint density at radius 2 is 2.00 bits per heavy atom. The van der Waals surface area contributed by atoms with Gasteiger partial charge in [0.2, 0.25) is 0 Å². The van der Waals surface area contributed by atoms with Gasteiger partial charge in [0, 0.05) is 25.5 Å². The average molecular weight is 236 g/mol. The van der Waals surface area contributed by atoms with Gasteiger partial charge in [-0.15, -0.1) is 0 Å². The van der Waals surface area contributed by atoms with Crippen molar-refractivity contribution >= 4 is 0 Å². The number of hydrogen-bond donors (Lipinski definition) is 1. The number of likely N-dealkylation sites (N-methyl/N-ethyl adjacent to an activating group) is 1. The highest BCUT2D eigenvalue weighted by molar-refractivity contribution is 5.11. The molecule has 0 amide bonds. The zero-order valence-corrected chi connectivity index (χ0v) is 11.4. The number of nitrogens with zero attached hydrogens (tertiary/aromatic N) is 1. The second kappa shape index (κ2) is 6.72. The van der Waals surface area contributed by atoms with Gasteiger partial charge >= 0.3 is 0 Å². The van der Waals surface area contributed by atoms with Crippen molar-refractivity contribution in [2.24, 2.45) is 0 Å². The predicted octanol–water partition coefficient (Wildman–Crippen LogP) is 2.42. The van der Waals surface area contributed by atoms with Crippen LogP contribution in [-0.4, -0.2) is 30.8 Å². The van der Waals surface area contributed by atoms with E-state index in [-0.39, 0.29) is 5.60 Å². The summed E-state index contributed by atoms with van der Waals surface area (Å²) in [7, 11) is 3.79. The molecule has 0 bridgehead atoms. The number of aromatic nitrogens is 1. The van der Waals surface area contributed by atoms with E-state index >= 15 is 0 Å². The van der Waals surface area contributed by atoms with E-state index < -0.39 is 0 Å². The Labute approximate surface area is 105 Å². The van der Waals surface area contributed by atoms with Crippen LogP contribution in [-0.2, 0) is 11.2 Å². The van der Waals surface area contributed by atoms with Gasteiger partial charge in [-0.05, 0) is 57.9 Å². The minimum absolute atomic E-state index is 0.0344. The molecule has 1 aromatic rings. The maximum atomic E-state index is 5.44. The summed E-state index contributed by atoms with van der Waals surface area (Å²) in [6, 6.07) is 4.64. The van der Waals surface area contributed by atoms with Gasteiger partial charge in [-0.3, -0.25) is 4.98 Å². The largest absolute Gasteiger partial charge is 0.379 e. The summed E-state index contributed by atoms with van der Waals surface area (Å²) in [4.78, 5) is 4.04. The highest BCUT2D eigenvalue weighted by Gasteiger charge is 2.18. The SMILES string of the molecule is CNC(CCC(C)(C)OC)Cc1ccncc1. The van der Waals surface area contributed by atoms with Gasteiger partial charge < -0.3 is 10.1 Å². The number of methoxy groups -OCH3 is 1. The van der Waals surface area contributed by atoms with E-state index in [0.717, 1.165) is 19.3 Å². The normalized spacial score (nSPS) is 13.6. The van der Waals surface area contributed by atoms with Gasteiger partial charge in [-0.1, -0.05) is 0 Å². The Kier molecular flexibility index (Phi) is 5.59. The number of rotatable bonds is 7. The Morgan fingerprint density at radius 1 is 1.35 bits per heavy atom. The first-order chi connectivity index (χ1) is 8.07. The molecule has 0 aliphatic rings. The Hall–Kier alpha value is -0.930. The quantitative estimate of drug-likeness (QED) is 0.789. The van der Waals surface area contributed by atoms with Crippen molar-refractivity contribution in [3.63, 3.8) is 0 Å².